The van der Waals surface area contributed by atoms with Crippen LogP contribution in [0.3, 0.4) is 0 Å². The third-order valence-corrected chi connectivity index (χ3v) is 5.85. The van der Waals surface area contributed by atoms with E-state index in [9.17, 15) is 8.78 Å². The van der Waals surface area contributed by atoms with Gasteiger partial charge in [0.2, 0.25) is 0 Å². The number of nitrogens with zero attached hydrogens (tertiary/aromatic N) is 5. The summed E-state index contributed by atoms with van der Waals surface area (Å²) >= 11 is 0. The highest BCUT2D eigenvalue weighted by Gasteiger charge is 2.27. The van der Waals surface area contributed by atoms with E-state index in [0.29, 0.717) is 22.4 Å². The van der Waals surface area contributed by atoms with Crippen molar-refractivity contribution in [1.82, 2.24) is 19.4 Å². The summed E-state index contributed by atoms with van der Waals surface area (Å²) in [5.74, 6) is 0.423. The van der Waals surface area contributed by atoms with E-state index >= 15 is 0 Å². The van der Waals surface area contributed by atoms with E-state index in [4.69, 9.17) is 5.26 Å². The number of para-hydroxylation sites is 2. The Hall–Kier alpha value is -2.82. The average Bonchev–Trinajstić information content (AvgIpc) is 3.00. The van der Waals surface area contributed by atoms with Crippen molar-refractivity contribution in [3.63, 3.8) is 0 Å². The van der Waals surface area contributed by atoms with Gasteiger partial charge in [0.1, 0.15) is 5.82 Å². The Bertz CT molecular complexity index is 1040. The second kappa shape index (κ2) is 8.90. The van der Waals surface area contributed by atoms with Crippen LogP contribution in [-0.4, -0.2) is 45.5 Å². The van der Waals surface area contributed by atoms with Crippen molar-refractivity contribution in [3.05, 3.63) is 65.5 Å². The summed E-state index contributed by atoms with van der Waals surface area (Å²) in [5.41, 5.74) is 2.93. The molecule has 0 N–H and O–H groups in total. The zero-order valence-electron chi connectivity index (χ0n) is 17.0. The molecule has 4 rings (SSSR count). The molecule has 2 aromatic carbocycles. The molecule has 0 aliphatic carbocycles. The number of benzene rings is 2. The third kappa shape index (κ3) is 4.20. The summed E-state index contributed by atoms with van der Waals surface area (Å²) in [6.45, 7) is 3.63. The van der Waals surface area contributed by atoms with E-state index in [2.05, 4.69) is 20.9 Å². The lowest BCUT2D eigenvalue weighted by molar-refractivity contribution is 0.0647. The molecule has 156 valence electrons. The van der Waals surface area contributed by atoms with Gasteiger partial charge in [-0.3, -0.25) is 14.4 Å². The maximum atomic E-state index is 13.8. The molecular weight excluding hydrogens is 384 g/mol. The van der Waals surface area contributed by atoms with Crippen molar-refractivity contribution in [2.45, 2.75) is 32.5 Å². The van der Waals surface area contributed by atoms with Crippen molar-refractivity contribution < 1.29 is 8.78 Å². The first-order valence-corrected chi connectivity index (χ1v) is 10.3. The number of imidazole rings is 1. The smallest absolute Gasteiger partial charge is 0.298 e. The first-order chi connectivity index (χ1) is 14.6. The van der Waals surface area contributed by atoms with E-state index < -0.39 is 6.55 Å². The Morgan fingerprint density at radius 3 is 2.53 bits per heavy atom. The molecule has 0 amide bonds. The topological polar surface area (TPSA) is 48.1 Å². The minimum Gasteiger partial charge on any atom is -0.298 e. The summed E-state index contributed by atoms with van der Waals surface area (Å²) < 4.78 is 28.7. The van der Waals surface area contributed by atoms with E-state index in [1.807, 2.05) is 37.3 Å². The maximum Gasteiger partial charge on any atom is 0.320 e. The number of hydrogen-bond acceptors (Lipinski definition) is 4. The van der Waals surface area contributed by atoms with Crippen LogP contribution in [0, 0.1) is 11.3 Å². The number of fused-ring (bicyclic) bond motifs is 1. The van der Waals surface area contributed by atoms with Gasteiger partial charge in [-0.15, -0.1) is 0 Å². The zero-order chi connectivity index (χ0) is 21.1. The van der Waals surface area contributed by atoms with Gasteiger partial charge in [-0.25, -0.2) is 4.98 Å². The summed E-state index contributed by atoms with van der Waals surface area (Å²) in [7, 11) is 0. The van der Waals surface area contributed by atoms with Crippen LogP contribution in [0.15, 0.2) is 48.5 Å². The molecule has 1 atom stereocenters. The molecule has 7 heteroatoms. The van der Waals surface area contributed by atoms with Gasteiger partial charge in [-0.1, -0.05) is 24.3 Å². The Labute approximate surface area is 175 Å². The lowest BCUT2D eigenvalue weighted by atomic mass is 10.1. The maximum absolute atomic E-state index is 13.8. The van der Waals surface area contributed by atoms with Crippen LogP contribution >= 0.6 is 0 Å². The molecule has 0 saturated carbocycles. The highest BCUT2D eigenvalue weighted by atomic mass is 19.3. The minimum absolute atomic E-state index is 0.193. The van der Waals surface area contributed by atoms with Gasteiger partial charge in [-0.2, -0.15) is 14.0 Å². The molecule has 2 heterocycles. The van der Waals surface area contributed by atoms with Gasteiger partial charge in [-0.05, 0) is 49.7 Å². The van der Waals surface area contributed by atoms with Gasteiger partial charge in [0, 0.05) is 26.2 Å². The Morgan fingerprint density at radius 2 is 1.80 bits per heavy atom. The quantitative estimate of drug-likeness (QED) is 0.619. The molecule has 1 aromatic heterocycles. The first-order valence-electron chi connectivity index (χ1n) is 10.3. The molecule has 1 aliphatic heterocycles. The van der Waals surface area contributed by atoms with Crippen molar-refractivity contribution >= 4 is 11.0 Å². The van der Waals surface area contributed by atoms with E-state index in [1.54, 1.807) is 18.2 Å². The summed E-state index contributed by atoms with van der Waals surface area (Å²) in [6, 6.07) is 16.7. The fraction of sp³-hybridized carbons (Fsp3) is 0.391. The predicted octanol–water partition coefficient (Wildman–Crippen LogP) is 4.57. The SMILES string of the molecule is CC(c1nc2ccccc2n1C(F)F)N1CCCN(Cc2ccc(C#N)cc2)CC1. The largest absolute Gasteiger partial charge is 0.320 e. The van der Waals surface area contributed by atoms with E-state index in [1.165, 1.54) is 5.56 Å². The number of nitriles is 1. The fourth-order valence-electron chi connectivity index (χ4n) is 4.21. The normalized spacial score (nSPS) is 17.2. The molecule has 0 spiro atoms. The summed E-state index contributed by atoms with van der Waals surface area (Å²) in [5, 5.41) is 8.94. The van der Waals surface area contributed by atoms with Crippen molar-refractivity contribution in [1.29, 1.82) is 5.26 Å². The highest BCUT2D eigenvalue weighted by molar-refractivity contribution is 5.76. The Kier molecular flexibility index (Phi) is 6.07. The van der Waals surface area contributed by atoms with Crippen LogP contribution in [0.4, 0.5) is 8.78 Å². The fourth-order valence-corrected chi connectivity index (χ4v) is 4.21. The van der Waals surface area contributed by atoms with Gasteiger partial charge >= 0.3 is 6.55 Å². The molecule has 1 aliphatic rings. The second-order valence-electron chi connectivity index (χ2n) is 7.76. The Balaban J connectivity index is 1.47. The van der Waals surface area contributed by atoms with Crippen molar-refractivity contribution in [2.75, 3.05) is 26.2 Å². The highest BCUT2D eigenvalue weighted by Crippen LogP contribution is 2.30. The second-order valence-corrected chi connectivity index (χ2v) is 7.76. The molecule has 1 saturated heterocycles. The molecule has 3 aromatic rings. The lowest BCUT2D eigenvalue weighted by Crippen LogP contribution is -2.33. The van der Waals surface area contributed by atoms with Crippen LogP contribution in [0.5, 0.6) is 0 Å². The number of hydrogen-bond donors (Lipinski definition) is 0. The average molecular weight is 409 g/mol. The minimum atomic E-state index is -2.62. The molecule has 0 radical (unpaired) electrons. The molecule has 5 nitrogen and oxygen atoms in total. The van der Waals surface area contributed by atoms with Crippen LogP contribution < -0.4 is 0 Å². The molecule has 1 unspecified atom stereocenters. The Morgan fingerprint density at radius 1 is 1.03 bits per heavy atom. The number of rotatable bonds is 5. The predicted molar refractivity (Wildman–Crippen MR) is 112 cm³/mol. The summed E-state index contributed by atoms with van der Waals surface area (Å²) in [4.78, 5) is 9.17. The van der Waals surface area contributed by atoms with Gasteiger partial charge in [0.25, 0.3) is 0 Å². The molecular formula is C23H25F2N5. The van der Waals surface area contributed by atoms with Crippen LogP contribution in [-0.2, 0) is 6.54 Å². The molecule has 1 fully saturated rings. The monoisotopic (exact) mass is 409 g/mol. The van der Waals surface area contributed by atoms with Gasteiger partial charge in [0.15, 0.2) is 0 Å². The molecule has 30 heavy (non-hydrogen) atoms. The number of halogens is 2. The standard InChI is InChI=1S/C23H25F2N5/c1-17(22-27-20-5-2-3-6-21(20)30(22)23(24)25)29-12-4-11-28(13-14-29)16-19-9-7-18(15-26)8-10-19/h2-3,5-10,17,23H,4,11-14,16H2,1H3. The zero-order valence-corrected chi connectivity index (χ0v) is 17.0. The van der Waals surface area contributed by atoms with Gasteiger partial charge < -0.3 is 0 Å². The first kappa shape index (κ1) is 20.5. The van der Waals surface area contributed by atoms with Gasteiger partial charge in [0.05, 0.1) is 28.7 Å². The third-order valence-electron chi connectivity index (χ3n) is 5.85. The molecule has 0 bridgehead atoms. The lowest BCUT2D eigenvalue weighted by Gasteiger charge is -2.28. The van der Waals surface area contributed by atoms with Crippen LogP contribution in [0.25, 0.3) is 11.0 Å². The summed E-state index contributed by atoms with van der Waals surface area (Å²) in [6.07, 6.45) is 0.968. The van der Waals surface area contributed by atoms with E-state index in [0.717, 1.165) is 43.7 Å². The number of aromatic nitrogens is 2. The van der Waals surface area contributed by atoms with Crippen molar-refractivity contribution in [2.24, 2.45) is 0 Å². The van der Waals surface area contributed by atoms with Crippen molar-refractivity contribution in [3.8, 4) is 6.07 Å². The van der Waals surface area contributed by atoms with Crippen LogP contribution in [0.1, 0.15) is 42.9 Å². The van der Waals surface area contributed by atoms with E-state index in [-0.39, 0.29) is 6.04 Å². The van der Waals surface area contributed by atoms with Crippen LogP contribution in [0.2, 0.25) is 0 Å². The number of alkyl halides is 2.